The molecule has 122 valence electrons. The first-order chi connectivity index (χ1) is 11.2. The van der Waals surface area contributed by atoms with Gasteiger partial charge in [0.2, 0.25) is 0 Å². The van der Waals surface area contributed by atoms with Gasteiger partial charge in [-0.1, -0.05) is 19.9 Å². The van der Waals surface area contributed by atoms with Crippen LogP contribution in [0.25, 0.3) is 11.0 Å². The minimum atomic E-state index is 0.729. The smallest absolute Gasteiger partial charge is 0.179 e. The number of aryl methyl sites for hydroxylation is 2. The summed E-state index contributed by atoms with van der Waals surface area (Å²) >= 11 is 1.32. The zero-order chi connectivity index (χ0) is 16.8. The van der Waals surface area contributed by atoms with E-state index < -0.39 is 0 Å². The quantitative estimate of drug-likeness (QED) is 0.535. The number of hydrogen-bond acceptors (Lipinski definition) is 4. The largest absolute Gasteiger partial charge is 0.493 e. The van der Waals surface area contributed by atoms with E-state index in [9.17, 15) is 0 Å². The van der Waals surface area contributed by atoms with Gasteiger partial charge < -0.3 is 13.3 Å². The summed E-state index contributed by atoms with van der Waals surface area (Å²) in [5.41, 5.74) is 3.15. The zero-order valence-corrected chi connectivity index (χ0v) is 15.0. The van der Waals surface area contributed by atoms with Crippen LogP contribution in [0.1, 0.15) is 25.0 Å². The topological polar surface area (TPSA) is 31.6 Å². The molecule has 0 bridgehead atoms. The van der Waals surface area contributed by atoms with Crippen LogP contribution < -0.4 is 8.92 Å². The zero-order valence-electron chi connectivity index (χ0n) is 14.2. The summed E-state index contributed by atoms with van der Waals surface area (Å²) < 4.78 is 16.6. The van der Waals surface area contributed by atoms with Crippen LogP contribution in [-0.2, 0) is 0 Å². The molecular weight excluding hydrogens is 308 g/mol. The van der Waals surface area contributed by atoms with Gasteiger partial charge in [0.05, 0.1) is 25.4 Å². The van der Waals surface area contributed by atoms with Crippen molar-refractivity contribution in [1.29, 1.82) is 0 Å². The van der Waals surface area contributed by atoms with Crippen molar-refractivity contribution in [2.45, 2.75) is 32.6 Å². The van der Waals surface area contributed by atoms with E-state index in [4.69, 9.17) is 13.3 Å². The van der Waals surface area contributed by atoms with E-state index in [1.807, 2.05) is 52.0 Å². The van der Waals surface area contributed by atoms with Crippen LogP contribution >= 0.6 is 12.0 Å². The molecular formula is C19H22O3S. The van der Waals surface area contributed by atoms with Crippen molar-refractivity contribution in [3.05, 3.63) is 53.8 Å². The molecule has 1 aromatic heterocycles. The minimum absolute atomic E-state index is 0.729. The Hall–Kier alpha value is -2.07. The molecule has 0 spiro atoms. The molecule has 0 aliphatic carbocycles. The van der Waals surface area contributed by atoms with Crippen LogP contribution in [0.5, 0.6) is 11.5 Å². The maximum Gasteiger partial charge on any atom is 0.179 e. The van der Waals surface area contributed by atoms with Gasteiger partial charge in [0, 0.05) is 10.3 Å². The van der Waals surface area contributed by atoms with Crippen molar-refractivity contribution >= 4 is 23.0 Å². The number of hydrogen-bond donors (Lipinski definition) is 0. The molecule has 3 rings (SSSR count). The van der Waals surface area contributed by atoms with Gasteiger partial charge in [-0.2, -0.15) is 0 Å². The Kier molecular flexibility index (Phi) is 5.99. The average Bonchev–Trinajstić information content (AvgIpc) is 3.04. The Morgan fingerprint density at radius 1 is 0.957 bits per heavy atom. The van der Waals surface area contributed by atoms with E-state index in [0.717, 1.165) is 38.5 Å². The maximum atomic E-state index is 5.84. The second-order valence-electron chi connectivity index (χ2n) is 4.90. The van der Waals surface area contributed by atoms with Gasteiger partial charge >= 0.3 is 0 Å². The van der Waals surface area contributed by atoms with E-state index in [2.05, 4.69) is 12.1 Å². The van der Waals surface area contributed by atoms with Crippen molar-refractivity contribution in [2.75, 3.05) is 7.11 Å². The van der Waals surface area contributed by atoms with Crippen LogP contribution in [0, 0.1) is 13.8 Å². The highest BCUT2D eigenvalue weighted by Crippen LogP contribution is 2.34. The van der Waals surface area contributed by atoms with E-state index in [-0.39, 0.29) is 0 Å². The third kappa shape index (κ3) is 4.02. The highest BCUT2D eigenvalue weighted by molar-refractivity contribution is 7.95. The van der Waals surface area contributed by atoms with Crippen molar-refractivity contribution in [3.63, 3.8) is 0 Å². The normalized spacial score (nSPS) is 10.1. The van der Waals surface area contributed by atoms with Gasteiger partial charge in [0.15, 0.2) is 11.5 Å². The van der Waals surface area contributed by atoms with Crippen LogP contribution in [0.4, 0.5) is 0 Å². The van der Waals surface area contributed by atoms with Crippen molar-refractivity contribution in [1.82, 2.24) is 0 Å². The lowest BCUT2D eigenvalue weighted by molar-refractivity contribution is 0.399. The van der Waals surface area contributed by atoms with Crippen LogP contribution in [0.2, 0.25) is 0 Å². The number of fused-ring (bicyclic) bond motifs is 1. The van der Waals surface area contributed by atoms with Crippen molar-refractivity contribution in [2.24, 2.45) is 0 Å². The summed E-state index contributed by atoms with van der Waals surface area (Å²) in [6.07, 6.45) is 1.70. The molecule has 3 nitrogen and oxygen atoms in total. The van der Waals surface area contributed by atoms with Gasteiger partial charge in [-0.05, 0) is 55.3 Å². The fraction of sp³-hybridized carbons (Fsp3) is 0.263. The second-order valence-corrected chi connectivity index (χ2v) is 5.70. The first-order valence-electron chi connectivity index (χ1n) is 7.64. The summed E-state index contributed by atoms with van der Waals surface area (Å²) in [6.45, 7) is 8.06. The molecule has 2 aromatic carbocycles. The molecule has 4 heteroatoms. The van der Waals surface area contributed by atoms with Crippen LogP contribution in [0.3, 0.4) is 0 Å². The lowest BCUT2D eigenvalue weighted by atomic mass is 10.2. The number of furan rings is 1. The maximum absolute atomic E-state index is 5.84. The standard InChI is InChI=1S/C17H16O3S.C2H6/c1-11-4-5-15(18-3)16(8-11)20-21-14-9-12(2)17-13(10-14)6-7-19-17;1-2/h4-10H,1-3H3;1-2H3. The van der Waals surface area contributed by atoms with Gasteiger partial charge in [-0.3, -0.25) is 0 Å². The highest BCUT2D eigenvalue weighted by Gasteiger charge is 2.08. The molecule has 0 aliphatic rings. The molecule has 3 aromatic rings. The first kappa shape index (κ1) is 17.3. The molecule has 0 radical (unpaired) electrons. The summed E-state index contributed by atoms with van der Waals surface area (Å²) in [4.78, 5) is 1.03. The third-order valence-electron chi connectivity index (χ3n) is 3.26. The fourth-order valence-electron chi connectivity index (χ4n) is 2.22. The molecule has 0 amide bonds. The molecule has 0 unspecified atom stereocenters. The lowest BCUT2D eigenvalue weighted by Crippen LogP contribution is -1.90. The molecule has 0 fully saturated rings. The van der Waals surface area contributed by atoms with Gasteiger partial charge in [0.1, 0.15) is 5.58 Å². The molecule has 23 heavy (non-hydrogen) atoms. The Morgan fingerprint density at radius 2 is 1.74 bits per heavy atom. The summed E-state index contributed by atoms with van der Waals surface area (Å²) in [5.74, 6) is 1.46. The van der Waals surface area contributed by atoms with Crippen molar-refractivity contribution < 1.29 is 13.3 Å². The molecule has 0 N–H and O–H groups in total. The number of methoxy groups -OCH3 is 1. The Balaban J connectivity index is 0.000000924. The molecule has 0 saturated carbocycles. The van der Waals surface area contributed by atoms with Crippen LogP contribution in [0.15, 0.2) is 52.0 Å². The van der Waals surface area contributed by atoms with E-state index in [0.29, 0.717) is 0 Å². The minimum Gasteiger partial charge on any atom is -0.493 e. The number of rotatable bonds is 4. The number of ether oxygens (including phenoxy) is 1. The Bertz CT molecular complexity index is 777. The average molecular weight is 330 g/mol. The highest BCUT2D eigenvalue weighted by atomic mass is 32.2. The summed E-state index contributed by atoms with van der Waals surface area (Å²) in [6, 6.07) is 11.9. The lowest BCUT2D eigenvalue weighted by Gasteiger charge is -2.10. The predicted octanol–water partition coefficient (Wildman–Crippen LogP) is 6.17. The molecule has 0 aliphatic heterocycles. The Morgan fingerprint density at radius 3 is 2.48 bits per heavy atom. The van der Waals surface area contributed by atoms with E-state index >= 15 is 0 Å². The van der Waals surface area contributed by atoms with Gasteiger partial charge in [-0.15, -0.1) is 0 Å². The van der Waals surface area contributed by atoms with Gasteiger partial charge in [-0.25, -0.2) is 0 Å². The monoisotopic (exact) mass is 330 g/mol. The van der Waals surface area contributed by atoms with Crippen molar-refractivity contribution in [3.8, 4) is 11.5 Å². The van der Waals surface area contributed by atoms with Crippen LogP contribution in [-0.4, -0.2) is 7.11 Å². The first-order valence-corrected chi connectivity index (χ1v) is 8.38. The van der Waals surface area contributed by atoms with E-state index in [1.54, 1.807) is 13.4 Å². The predicted molar refractivity (Wildman–Crippen MR) is 96.5 cm³/mol. The third-order valence-corrected chi connectivity index (χ3v) is 3.95. The second kappa shape index (κ2) is 7.97. The van der Waals surface area contributed by atoms with Gasteiger partial charge in [0.25, 0.3) is 0 Å². The van der Waals surface area contributed by atoms with E-state index in [1.165, 1.54) is 12.0 Å². The molecule has 0 saturated heterocycles. The number of benzene rings is 2. The molecule has 0 atom stereocenters. The molecule has 1 heterocycles. The summed E-state index contributed by atoms with van der Waals surface area (Å²) in [5, 5.41) is 1.08. The Labute approximate surface area is 141 Å². The fourth-order valence-corrected chi connectivity index (χ4v) is 2.93. The summed E-state index contributed by atoms with van der Waals surface area (Å²) in [7, 11) is 1.64. The SMILES string of the molecule is CC.COc1ccc(C)cc1OSc1cc(C)c2occc2c1.